The van der Waals surface area contributed by atoms with Crippen LogP contribution in [0.2, 0.25) is 10.0 Å². The van der Waals surface area contributed by atoms with Gasteiger partial charge in [-0.05, 0) is 42.5 Å². The summed E-state index contributed by atoms with van der Waals surface area (Å²) in [7, 11) is 1.65. The van der Waals surface area contributed by atoms with Crippen molar-refractivity contribution in [3.8, 4) is 5.75 Å². The van der Waals surface area contributed by atoms with Crippen molar-refractivity contribution in [1.82, 2.24) is 4.90 Å². The summed E-state index contributed by atoms with van der Waals surface area (Å²) in [4.78, 5) is 16.4. The molecule has 3 rings (SSSR count). The Labute approximate surface area is 157 Å². The number of nitrogens with one attached hydrogen (secondary N) is 1. The molecule has 1 heterocycles. The maximum atomic E-state index is 12.4. The van der Waals surface area contributed by atoms with Gasteiger partial charge in [-0.15, -0.1) is 0 Å². The number of benzene rings is 2. The van der Waals surface area contributed by atoms with E-state index in [1.165, 1.54) is 0 Å². The van der Waals surface area contributed by atoms with Crippen LogP contribution in [0, 0.1) is 0 Å². The highest BCUT2D eigenvalue weighted by Gasteiger charge is 2.21. The van der Waals surface area contributed by atoms with Crippen LogP contribution in [0.5, 0.6) is 5.75 Å². The average molecular weight is 380 g/mol. The average Bonchev–Trinajstić information content (AvgIpc) is 2.61. The Balaban J connectivity index is 1.56. The summed E-state index contributed by atoms with van der Waals surface area (Å²) < 4.78 is 5.18. The molecule has 1 aliphatic rings. The number of nitrogens with zero attached hydrogens (tertiary/aromatic N) is 2. The van der Waals surface area contributed by atoms with E-state index < -0.39 is 0 Å². The van der Waals surface area contributed by atoms with E-state index in [0.717, 1.165) is 24.5 Å². The standard InChI is InChI=1S/C18H19Cl2N3O2/c1-25-17-4-2-16(3-5-17)22-6-8-23(9-7-22)18(24)21-15-11-13(19)10-14(20)12-15/h2-5,10-12H,6-9H2,1H3,(H,21,24). The Morgan fingerprint density at radius 3 is 2.16 bits per heavy atom. The van der Waals surface area contributed by atoms with Gasteiger partial charge < -0.3 is 19.9 Å². The summed E-state index contributed by atoms with van der Waals surface area (Å²) >= 11 is 11.9. The number of methoxy groups -OCH3 is 1. The first-order valence-electron chi connectivity index (χ1n) is 7.96. The van der Waals surface area contributed by atoms with E-state index in [0.29, 0.717) is 28.8 Å². The van der Waals surface area contributed by atoms with E-state index in [2.05, 4.69) is 10.2 Å². The zero-order valence-corrected chi connectivity index (χ0v) is 15.3. The molecule has 1 N–H and O–H groups in total. The highest BCUT2D eigenvalue weighted by molar-refractivity contribution is 6.35. The first-order valence-corrected chi connectivity index (χ1v) is 8.72. The van der Waals surface area contributed by atoms with Crippen LogP contribution in [-0.2, 0) is 0 Å². The summed E-state index contributed by atoms with van der Waals surface area (Å²) in [6, 6.07) is 12.8. The van der Waals surface area contributed by atoms with Gasteiger partial charge in [-0.1, -0.05) is 23.2 Å². The lowest BCUT2D eigenvalue weighted by atomic mass is 10.2. The maximum absolute atomic E-state index is 12.4. The van der Waals surface area contributed by atoms with Crippen LogP contribution >= 0.6 is 23.2 Å². The number of urea groups is 1. The van der Waals surface area contributed by atoms with Crippen LogP contribution in [0.4, 0.5) is 16.2 Å². The molecule has 1 saturated heterocycles. The van der Waals surface area contributed by atoms with Gasteiger partial charge in [-0.2, -0.15) is 0 Å². The molecular formula is C18H19Cl2N3O2. The molecule has 0 radical (unpaired) electrons. The van der Waals surface area contributed by atoms with E-state index in [4.69, 9.17) is 27.9 Å². The van der Waals surface area contributed by atoms with Gasteiger partial charge in [0, 0.05) is 47.6 Å². The van der Waals surface area contributed by atoms with E-state index in [1.807, 2.05) is 24.3 Å². The molecule has 0 aromatic heterocycles. The lowest BCUT2D eigenvalue weighted by molar-refractivity contribution is 0.208. The first kappa shape index (κ1) is 17.7. The third-order valence-corrected chi connectivity index (χ3v) is 4.55. The maximum Gasteiger partial charge on any atom is 0.321 e. The number of carbonyl (C=O) groups excluding carboxylic acids is 1. The van der Waals surface area contributed by atoms with Gasteiger partial charge >= 0.3 is 6.03 Å². The predicted octanol–water partition coefficient (Wildman–Crippen LogP) is 4.36. The number of amides is 2. The summed E-state index contributed by atoms with van der Waals surface area (Å²) in [5.74, 6) is 0.835. The topological polar surface area (TPSA) is 44.8 Å². The van der Waals surface area contributed by atoms with E-state index in [-0.39, 0.29) is 6.03 Å². The smallest absolute Gasteiger partial charge is 0.321 e. The highest BCUT2D eigenvalue weighted by Crippen LogP contribution is 2.23. The van der Waals surface area contributed by atoms with Crippen molar-refractivity contribution >= 4 is 40.6 Å². The molecule has 2 amide bonds. The predicted molar refractivity (Wildman–Crippen MR) is 102 cm³/mol. The van der Waals surface area contributed by atoms with Gasteiger partial charge in [0.1, 0.15) is 5.75 Å². The molecule has 7 heteroatoms. The number of carbonyl (C=O) groups is 1. The van der Waals surface area contributed by atoms with Gasteiger partial charge in [0.2, 0.25) is 0 Å². The van der Waals surface area contributed by atoms with Crippen molar-refractivity contribution in [2.45, 2.75) is 0 Å². The molecular weight excluding hydrogens is 361 g/mol. The van der Waals surface area contributed by atoms with Gasteiger partial charge in [0.15, 0.2) is 0 Å². The van der Waals surface area contributed by atoms with Crippen LogP contribution in [0.15, 0.2) is 42.5 Å². The first-order chi connectivity index (χ1) is 12.0. The van der Waals surface area contributed by atoms with Gasteiger partial charge in [0.05, 0.1) is 7.11 Å². The second-order valence-electron chi connectivity index (χ2n) is 5.76. The molecule has 2 aromatic carbocycles. The van der Waals surface area contributed by atoms with Gasteiger partial charge in [-0.3, -0.25) is 0 Å². The molecule has 1 aliphatic heterocycles. The quantitative estimate of drug-likeness (QED) is 0.861. The Morgan fingerprint density at radius 1 is 1.00 bits per heavy atom. The molecule has 0 bridgehead atoms. The van der Waals surface area contributed by atoms with E-state index in [9.17, 15) is 4.79 Å². The molecule has 0 aliphatic carbocycles. The second kappa shape index (κ2) is 7.85. The summed E-state index contributed by atoms with van der Waals surface area (Å²) in [6.07, 6.45) is 0. The zero-order valence-electron chi connectivity index (χ0n) is 13.8. The molecule has 0 saturated carbocycles. The van der Waals surface area contributed by atoms with E-state index in [1.54, 1.807) is 30.2 Å². The van der Waals surface area contributed by atoms with E-state index >= 15 is 0 Å². The highest BCUT2D eigenvalue weighted by atomic mass is 35.5. The molecule has 0 atom stereocenters. The monoisotopic (exact) mass is 379 g/mol. The third kappa shape index (κ3) is 4.50. The van der Waals surface area contributed by atoms with Crippen molar-refractivity contribution in [2.24, 2.45) is 0 Å². The van der Waals surface area contributed by atoms with Crippen molar-refractivity contribution in [3.63, 3.8) is 0 Å². The van der Waals surface area contributed by atoms with Crippen LogP contribution in [0.25, 0.3) is 0 Å². The summed E-state index contributed by atoms with van der Waals surface area (Å²) in [5.41, 5.74) is 1.72. The largest absolute Gasteiger partial charge is 0.497 e. The molecule has 5 nitrogen and oxygen atoms in total. The number of hydrogen-bond donors (Lipinski definition) is 1. The number of anilines is 2. The number of hydrogen-bond acceptors (Lipinski definition) is 3. The molecule has 0 spiro atoms. The lowest BCUT2D eigenvalue weighted by Gasteiger charge is -2.36. The van der Waals surface area contributed by atoms with Crippen molar-refractivity contribution < 1.29 is 9.53 Å². The molecule has 25 heavy (non-hydrogen) atoms. The fourth-order valence-corrected chi connectivity index (χ4v) is 3.32. The SMILES string of the molecule is COc1ccc(N2CCN(C(=O)Nc3cc(Cl)cc(Cl)c3)CC2)cc1. The van der Waals surface area contributed by atoms with Crippen molar-refractivity contribution in [1.29, 1.82) is 0 Å². The number of halogens is 2. The van der Waals surface area contributed by atoms with Crippen LogP contribution in [0.1, 0.15) is 0 Å². The normalized spacial score (nSPS) is 14.4. The third-order valence-electron chi connectivity index (χ3n) is 4.12. The summed E-state index contributed by atoms with van der Waals surface area (Å²) in [5, 5.41) is 3.83. The minimum absolute atomic E-state index is 0.146. The number of ether oxygens (including phenoxy) is 1. The lowest BCUT2D eigenvalue weighted by Crippen LogP contribution is -2.50. The van der Waals surface area contributed by atoms with Crippen LogP contribution < -0.4 is 15.0 Å². The Kier molecular flexibility index (Phi) is 5.56. The van der Waals surface area contributed by atoms with Crippen molar-refractivity contribution in [2.75, 3.05) is 43.5 Å². The molecule has 0 unspecified atom stereocenters. The molecule has 132 valence electrons. The van der Waals surface area contributed by atoms with Crippen molar-refractivity contribution in [3.05, 3.63) is 52.5 Å². The van der Waals surface area contributed by atoms with Crippen LogP contribution in [-0.4, -0.2) is 44.2 Å². The number of rotatable bonds is 3. The second-order valence-corrected chi connectivity index (χ2v) is 6.63. The fourth-order valence-electron chi connectivity index (χ4n) is 2.79. The number of piperazine rings is 1. The Bertz CT molecular complexity index is 724. The molecule has 2 aromatic rings. The Morgan fingerprint density at radius 2 is 1.60 bits per heavy atom. The zero-order chi connectivity index (χ0) is 17.8. The minimum atomic E-state index is -0.146. The van der Waals surface area contributed by atoms with Gasteiger partial charge in [-0.25, -0.2) is 4.79 Å². The summed E-state index contributed by atoms with van der Waals surface area (Å²) in [6.45, 7) is 2.84. The molecule has 1 fully saturated rings. The minimum Gasteiger partial charge on any atom is -0.497 e. The fraction of sp³-hybridized carbons (Fsp3) is 0.278. The van der Waals surface area contributed by atoms with Crippen LogP contribution in [0.3, 0.4) is 0 Å². The Hall–Kier alpha value is -2.11. The van der Waals surface area contributed by atoms with Gasteiger partial charge in [0.25, 0.3) is 0 Å².